The second-order valence-corrected chi connectivity index (χ2v) is 6.80. The van der Waals surface area contributed by atoms with Crippen molar-refractivity contribution in [1.82, 2.24) is 15.3 Å². The van der Waals surface area contributed by atoms with Gasteiger partial charge in [0.1, 0.15) is 0 Å². The summed E-state index contributed by atoms with van der Waals surface area (Å²) in [6, 6.07) is 14.0. The van der Waals surface area contributed by atoms with Crippen molar-refractivity contribution in [2.24, 2.45) is 0 Å². The first-order chi connectivity index (χ1) is 12.7. The Kier molecular flexibility index (Phi) is 4.86. The number of amides is 2. The third kappa shape index (κ3) is 3.43. The maximum atomic E-state index is 12.5. The van der Waals surface area contributed by atoms with Crippen LogP contribution in [-0.4, -0.2) is 54.1 Å². The Hall–Kier alpha value is -2.44. The Morgan fingerprint density at radius 2 is 2.00 bits per heavy atom. The average Bonchev–Trinajstić information content (AvgIpc) is 3.20. The Morgan fingerprint density at radius 3 is 2.85 bits per heavy atom. The fourth-order valence-corrected chi connectivity index (χ4v) is 3.73. The first kappa shape index (κ1) is 17.0. The fourth-order valence-electron chi connectivity index (χ4n) is 3.73. The van der Waals surface area contributed by atoms with Crippen molar-refractivity contribution in [2.45, 2.75) is 25.4 Å². The van der Waals surface area contributed by atoms with Crippen molar-refractivity contribution >= 4 is 22.6 Å². The number of carbonyl (C=O) groups is 2. The second kappa shape index (κ2) is 7.43. The van der Waals surface area contributed by atoms with Crippen LogP contribution in [0.5, 0.6) is 0 Å². The molecule has 0 aliphatic carbocycles. The predicted octanol–water partition coefficient (Wildman–Crippen LogP) is 1.69. The van der Waals surface area contributed by atoms with Crippen LogP contribution in [0.3, 0.4) is 0 Å². The number of hydrogen-bond acceptors (Lipinski definition) is 4. The Balaban J connectivity index is 1.54. The van der Waals surface area contributed by atoms with E-state index in [0.29, 0.717) is 26.2 Å². The van der Waals surface area contributed by atoms with Crippen LogP contribution in [0.1, 0.15) is 18.4 Å². The van der Waals surface area contributed by atoms with E-state index in [1.807, 2.05) is 18.2 Å². The SMILES string of the molecule is O=C1NCCN(Cc2cccc3ccccc23)C1CC(=O)N1CCCO1. The van der Waals surface area contributed by atoms with Gasteiger partial charge in [0.2, 0.25) is 11.8 Å². The zero-order valence-electron chi connectivity index (χ0n) is 14.7. The van der Waals surface area contributed by atoms with Gasteiger partial charge in [-0.25, -0.2) is 5.06 Å². The van der Waals surface area contributed by atoms with E-state index in [-0.39, 0.29) is 18.2 Å². The summed E-state index contributed by atoms with van der Waals surface area (Å²) in [7, 11) is 0. The van der Waals surface area contributed by atoms with E-state index < -0.39 is 6.04 Å². The molecule has 2 amide bonds. The standard InChI is InChI=1S/C20H23N3O3/c24-19(23-10-4-12-26-23)13-18-20(25)21-9-11-22(18)14-16-7-3-6-15-5-1-2-8-17(15)16/h1-3,5-8,18H,4,9-14H2,(H,21,25). The number of nitrogens with zero attached hydrogens (tertiary/aromatic N) is 2. The van der Waals surface area contributed by atoms with Crippen LogP contribution < -0.4 is 5.32 Å². The zero-order chi connectivity index (χ0) is 17.9. The number of hydrogen-bond donors (Lipinski definition) is 1. The summed E-state index contributed by atoms with van der Waals surface area (Å²) in [6.07, 6.45) is 0.999. The molecule has 2 fully saturated rings. The lowest BCUT2D eigenvalue weighted by Crippen LogP contribution is -2.56. The number of hydroxylamine groups is 2. The highest BCUT2D eigenvalue weighted by Gasteiger charge is 2.34. The third-order valence-electron chi connectivity index (χ3n) is 5.09. The van der Waals surface area contributed by atoms with Crippen LogP contribution in [0.15, 0.2) is 42.5 Å². The van der Waals surface area contributed by atoms with Gasteiger partial charge in [0.05, 0.1) is 25.6 Å². The molecule has 4 rings (SSSR count). The van der Waals surface area contributed by atoms with Gasteiger partial charge in [-0.1, -0.05) is 42.5 Å². The largest absolute Gasteiger partial charge is 0.353 e. The number of benzene rings is 2. The zero-order valence-corrected chi connectivity index (χ0v) is 14.7. The van der Waals surface area contributed by atoms with Gasteiger partial charge in [-0.2, -0.15) is 0 Å². The van der Waals surface area contributed by atoms with Crippen LogP contribution in [0.25, 0.3) is 10.8 Å². The van der Waals surface area contributed by atoms with Crippen molar-refractivity contribution in [1.29, 1.82) is 0 Å². The molecular formula is C20H23N3O3. The molecule has 0 aromatic heterocycles. The molecule has 26 heavy (non-hydrogen) atoms. The lowest BCUT2D eigenvalue weighted by molar-refractivity contribution is -0.171. The van der Waals surface area contributed by atoms with Gasteiger partial charge < -0.3 is 5.32 Å². The highest BCUT2D eigenvalue weighted by molar-refractivity contribution is 5.89. The highest BCUT2D eigenvalue weighted by Crippen LogP contribution is 2.22. The van der Waals surface area contributed by atoms with Gasteiger partial charge in [0.15, 0.2) is 0 Å². The predicted molar refractivity (Wildman–Crippen MR) is 98.1 cm³/mol. The Morgan fingerprint density at radius 1 is 1.15 bits per heavy atom. The minimum atomic E-state index is -0.459. The Labute approximate surface area is 152 Å². The molecule has 1 atom stereocenters. The van der Waals surface area contributed by atoms with E-state index in [0.717, 1.165) is 13.0 Å². The molecule has 2 aromatic carbocycles. The van der Waals surface area contributed by atoms with Gasteiger partial charge >= 0.3 is 0 Å². The maximum Gasteiger partial charge on any atom is 0.248 e. The maximum absolute atomic E-state index is 12.5. The highest BCUT2D eigenvalue weighted by atomic mass is 16.7. The molecule has 1 unspecified atom stereocenters. The lowest BCUT2D eigenvalue weighted by atomic mass is 10.0. The molecule has 1 N–H and O–H groups in total. The Bertz CT molecular complexity index is 812. The summed E-state index contributed by atoms with van der Waals surface area (Å²) in [5, 5.41) is 6.66. The van der Waals surface area contributed by atoms with E-state index in [1.165, 1.54) is 21.4 Å². The van der Waals surface area contributed by atoms with Gasteiger partial charge in [0.25, 0.3) is 0 Å². The van der Waals surface area contributed by atoms with E-state index in [4.69, 9.17) is 4.84 Å². The van der Waals surface area contributed by atoms with E-state index >= 15 is 0 Å². The number of fused-ring (bicyclic) bond motifs is 1. The molecule has 2 aliphatic rings. The smallest absolute Gasteiger partial charge is 0.248 e. The van der Waals surface area contributed by atoms with Crippen LogP contribution >= 0.6 is 0 Å². The number of carbonyl (C=O) groups excluding carboxylic acids is 2. The second-order valence-electron chi connectivity index (χ2n) is 6.80. The normalized spacial score (nSPS) is 21.2. The third-order valence-corrected chi connectivity index (χ3v) is 5.09. The molecule has 0 bridgehead atoms. The lowest BCUT2D eigenvalue weighted by Gasteiger charge is -2.35. The molecule has 0 radical (unpaired) electrons. The van der Waals surface area contributed by atoms with Gasteiger partial charge in [0, 0.05) is 19.6 Å². The number of rotatable bonds is 4. The van der Waals surface area contributed by atoms with Crippen molar-refractivity contribution < 1.29 is 14.4 Å². The fraction of sp³-hybridized carbons (Fsp3) is 0.400. The van der Waals surface area contributed by atoms with E-state index in [1.54, 1.807) is 0 Å². The topological polar surface area (TPSA) is 61.9 Å². The monoisotopic (exact) mass is 353 g/mol. The van der Waals surface area contributed by atoms with E-state index in [9.17, 15) is 9.59 Å². The molecule has 6 heteroatoms. The van der Waals surface area contributed by atoms with Crippen molar-refractivity contribution in [2.75, 3.05) is 26.2 Å². The van der Waals surface area contributed by atoms with Gasteiger partial charge in [-0.3, -0.25) is 19.3 Å². The first-order valence-corrected chi connectivity index (χ1v) is 9.14. The van der Waals surface area contributed by atoms with Crippen molar-refractivity contribution in [3.8, 4) is 0 Å². The molecule has 2 heterocycles. The molecular weight excluding hydrogens is 330 g/mol. The van der Waals surface area contributed by atoms with Crippen LogP contribution in [-0.2, 0) is 21.0 Å². The van der Waals surface area contributed by atoms with Crippen LogP contribution in [0.4, 0.5) is 0 Å². The minimum Gasteiger partial charge on any atom is -0.353 e. The summed E-state index contributed by atoms with van der Waals surface area (Å²) in [5.74, 6) is -0.198. The van der Waals surface area contributed by atoms with Crippen molar-refractivity contribution in [3.63, 3.8) is 0 Å². The average molecular weight is 353 g/mol. The molecule has 0 spiro atoms. The van der Waals surface area contributed by atoms with E-state index in [2.05, 4.69) is 34.5 Å². The molecule has 136 valence electrons. The summed E-state index contributed by atoms with van der Waals surface area (Å²) >= 11 is 0. The van der Waals surface area contributed by atoms with Crippen LogP contribution in [0, 0.1) is 0 Å². The molecule has 0 saturated carbocycles. The van der Waals surface area contributed by atoms with Gasteiger partial charge in [-0.15, -0.1) is 0 Å². The number of piperazine rings is 1. The molecule has 2 saturated heterocycles. The summed E-state index contributed by atoms with van der Waals surface area (Å²) in [4.78, 5) is 32.4. The van der Waals surface area contributed by atoms with Crippen LogP contribution in [0.2, 0.25) is 0 Å². The first-order valence-electron chi connectivity index (χ1n) is 9.14. The minimum absolute atomic E-state index is 0.0796. The summed E-state index contributed by atoms with van der Waals surface area (Å²) in [5.41, 5.74) is 1.17. The molecule has 2 aromatic rings. The molecule has 2 aliphatic heterocycles. The summed E-state index contributed by atoms with van der Waals surface area (Å²) in [6.45, 7) is 3.16. The quantitative estimate of drug-likeness (QED) is 0.909. The van der Waals surface area contributed by atoms with Gasteiger partial charge in [-0.05, 0) is 22.8 Å². The summed E-state index contributed by atoms with van der Waals surface area (Å²) < 4.78 is 0. The van der Waals surface area contributed by atoms with Crippen molar-refractivity contribution in [3.05, 3.63) is 48.0 Å². The number of nitrogens with one attached hydrogen (secondary N) is 1. The molecule has 6 nitrogen and oxygen atoms in total.